The first-order chi connectivity index (χ1) is 7.74. The Morgan fingerprint density at radius 3 is 2.62 bits per heavy atom. The van der Waals surface area contributed by atoms with E-state index in [2.05, 4.69) is 61.0 Å². The Labute approximate surface area is 99.1 Å². The van der Waals surface area contributed by atoms with Gasteiger partial charge in [0.15, 0.2) is 0 Å². The Balaban J connectivity index is 2.46. The van der Waals surface area contributed by atoms with E-state index >= 15 is 0 Å². The highest BCUT2D eigenvalue weighted by molar-refractivity contribution is 5.15. The molecule has 86 valence electrons. The topological polar surface area (TPSA) is 3.24 Å². The normalized spacial score (nSPS) is 12.0. The van der Waals surface area contributed by atoms with Crippen molar-refractivity contribution in [1.82, 2.24) is 4.90 Å². The molecule has 1 heteroatoms. The minimum atomic E-state index is 0.553. The van der Waals surface area contributed by atoms with Crippen molar-refractivity contribution in [3.63, 3.8) is 0 Å². The first-order valence-electron chi connectivity index (χ1n) is 5.83. The summed E-state index contributed by atoms with van der Waals surface area (Å²) in [6.07, 6.45) is 5.11. The van der Waals surface area contributed by atoms with Gasteiger partial charge in [0.05, 0.1) is 0 Å². The molecule has 0 aliphatic heterocycles. The molecule has 0 amide bonds. The molecule has 0 aliphatic rings. The predicted octanol–water partition coefficient (Wildman–Crippen LogP) is 3.28. The summed E-state index contributed by atoms with van der Waals surface area (Å²) < 4.78 is 0. The van der Waals surface area contributed by atoms with Crippen LogP contribution in [0.5, 0.6) is 0 Å². The van der Waals surface area contributed by atoms with E-state index in [4.69, 9.17) is 0 Å². The molecule has 0 fully saturated rings. The van der Waals surface area contributed by atoms with Gasteiger partial charge in [-0.05, 0) is 45.0 Å². The minimum Gasteiger partial charge on any atom is -0.299 e. The second kappa shape index (κ2) is 7.05. The van der Waals surface area contributed by atoms with E-state index in [1.165, 1.54) is 5.56 Å². The molecule has 0 unspecified atom stereocenters. The molecule has 0 bridgehead atoms. The largest absolute Gasteiger partial charge is 0.299 e. The van der Waals surface area contributed by atoms with E-state index in [9.17, 15) is 0 Å². The van der Waals surface area contributed by atoms with Crippen LogP contribution in [0, 0.1) is 0 Å². The average Bonchev–Trinajstić information content (AvgIpc) is 2.30. The Kier molecular flexibility index (Phi) is 5.63. The first kappa shape index (κ1) is 12.8. The molecule has 0 radical (unpaired) electrons. The number of likely N-dealkylation sites (N-methyl/N-ethyl adjacent to an activating group) is 1. The molecule has 1 nitrogen and oxygen atoms in total. The minimum absolute atomic E-state index is 0.553. The second-order valence-corrected chi connectivity index (χ2v) is 4.14. The second-order valence-electron chi connectivity index (χ2n) is 4.14. The maximum absolute atomic E-state index is 3.11. The lowest BCUT2D eigenvalue weighted by molar-refractivity contribution is 0.283. The Hall–Kier alpha value is -1.30. The van der Waals surface area contributed by atoms with Crippen LogP contribution in [0.4, 0.5) is 0 Å². The van der Waals surface area contributed by atoms with Gasteiger partial charge in [-0.2, -0.15) is 0 Å². The third-order valence-electron chi connectivity index (χ3n) is 2.79. The number of nitrogens with zero attached hydrogens (tertiary/aromatic N) is 1. The van der Waals surface area contributed by atoms with Crippen LogP contribution in [0.3, 0.4) is 0 Å². The van der Waals surface area contributed by atoms with E-state index in [1.54, 1.807) is 0 Å². The average molecular weight is 215 g/mol. The van der Waals surface area contributed by atoms with Crippen molar-refractivity contribution in [1.29, 1.82) is 0 Å². The van der Waals surface area contributed by atoms with Crippen molar-refractivity contribution in [2.45, 2.75) is 26.3 Å². The third-order valence-corrected chi connectivity index (χ3v) is 2.79. The Bertz CT molecular complexity index is 347. The van der Waals surface area contributed by atoms with Crippen LogP contribution in [0.2, 0.25) is 0 Å². The molecule has 0 heterocycles. The fourth-order valence-corrected chi connectivity index (χ4v) is 1.61. The zero-order chi connectivity index (χ0) is 11.8. The van der Waals surface area contributed by atoms with E-state index in [-0.39, 0.29) is 0 Å². The number of hydrogen-bond acceptors (Lipinski definition) is 1. The fourth-order valence-electron chi connectivity index (χ4n) is 1.61. The smallest absolute Gasteiger partial charge is 0.0238 e. The predicted molar refractivity (Wildman–Crippen MR) is 70.6 cm³/mol. The summed E-state index contributed by atoms with van der Waals surface area (Å²) in [6.45, 7) is 5.21. The Morgan fingerprint density at radius 1 is 1.31 bits per heavy atom. The van der Waals surface area contributed by atoms with Crippen molar-refractivity contribution in [2.24, 2.45) is 0 Å². The molecule has 0 aromatic heterocycles. The third kappa shape index (κ3) is 4.48. The van der Waals surface area contributed by atoms with Gasteiger partial charge in [0, 0.05) is 12.6 Å². The van der Waals surface area contributed by atoms with Gasteiger partial charge >= 0.3 is 0 Å². The van der Waals surface area contributed by atoms with Crippen LogP contribution in [-0.4, -0.2) is 24.5 Å². The van der Waals surface area contributed by atoms with Gasteiger partial charge in [0.1, 0.15) is 0 Å². The summed E-state index contributed by atoms with van der Waals surface area (Å²) in [7, 11) is 2.15. The van der Waals surface area contributed by atoms with Gasteiger partial charge in [0.25, 0.3) is 0 Å². The van der Waals surface area contributed by atoms with Crippen molar-refractivity contribution in [3.8, 4) is 0 Å². The molecule has 0 saturated carbocycles. The van der Waals surface area contributed by atoms with Crippen LogP contribution in [0.1, 0.15) is 19.4 Å². The lowest BCUT2D eigenvalue weighted by Gasteiger charge is -2.23. The van der Waals surface area contributed by atoms with E-state index < -0.39 is 0 Å². The van der Waals surface area contributed by atoms with Crippen molar-refractivity contribution >= 4 is 0 Å². The van der Waals surface area contributed by atoms with Crippen molar-refractivity contribution < 1.29 is 0 Å². The summed E-state index contributed by atoms with van der Waals surface area (Å²) in [5, 5.41) is 0. The van der Waals surface area contributed by atoms with Crippen LogP contribution in [0.15, 0.2) is 48.2 Å². The standard InChI is InChI=1S/C15H21N/c1-4-5-9-12-16(3)14(2)13-15-10-7-6-8-11-15/h4,6-11,14H,12-13H2,1-3H3/t5?,14-/m0/s1. The molecule has 1 aromatic rings. The van der Waals surface area contributed by atoms with E-state index in [0.717, 1.165) is 13.0 Å². The van der Waals surface area contributed by atoms with Crippen LogP contribution in [0.25, 0.3) is 0 Å². The van der Waals surface area contributed by atoms with Gasteiger partial charge in [-0.3, -0.25) is 4.90 Å². The van der Waals surface area contributed by atoms with Crippen LogP contribution < -0.4 is 0 Å². The van der Waals surface area contributed by atoms with E-state index in [1.807, 2.05) is 13.0 Å². The van der Waals surface area contributed by atoms with Crippen LogP contribution >= 0.6 is 0 Å². The summed E-state index contributed by atoms with van der Waals surface area (Å²) in [6, 6.07) is 11.2. The highest BCUT2D eigenvalue weighted by Crippen LogP contribution is 2.06. The molecule has 0 aliphatic carbocycles. The van der Waals surface area contributed by atoms with Crippen molar-refractivity contribution in [3.05, 3.63) is 53.8 Å². The highest BCUT2D eigenvalue weighted by Gasteiger charge is 2.07. The highest BCUT2D eigenvalue weighted by atomic mass is 15.1. The summed E-state index contributed by atoms with van der Waals surface area (Å²) >= 11 is 0. The molecule has 1 rings (SSSR count). The van der Waals surface area contributed by atoms with Crippen molar-refractivity contribution in [2.75, 3.05) is 13.6 Å². The maximum Gasteiger partial charge on any atom is 0.0238 e. The monoisotopic (exact) mass is 215 g/mol. The summed E-state index contributed by atoms with van der Waals surface area (Å²) in [5.41, 5.74) is 4.51. The first-order valence-corrected chi connectivity index (χ1v) is 5.83. The molecule has 0 N–H and O–H groups in total. The molecule has 0 saturated heterocycles. The van der Waals surface area contributed by atoms with Gasteiger partial charge in [0.2, 0.25) is 0 Å². The van der Waals surface area contributed by atoms with Gasteiger partial charge in [-0.25, -0.2) is 0 Å². The summed E-state index contributed by atoms with van der Waals surface area (Å²) in [5.74, 6) is 0. The quantitative estimate of drug-likeness (QED) is 0.681. The Morgan fingerprint density at radius 2 is 2.00 bits per heavy atom. The molecular weight excluding hydrogens is 194 g/mol. The van der Waals surface area contributed by atoms with Gasteiger partial charge in [-0.15, -0.1) is 5.73 Å². The SMILES string of the molecule is CC=C=CCN(C)[C@@H](C)Cc1ccccc1. The number of benzene rings is 1. The summed E-state index contributed by atoms with van der Waals surface area (Å²) in [4.78, 5) is 2.34. The lowest BCUT2D eigenvalue weighted by Crippen LogP contribution is -2.30. The fraction of sp³-hybridized carbons (Fsp3) is 0.400. The maximum atomic E-state index is 3.11. The molecule has 1 atom stereocenters. The zero-order valence-electron chi connectivity index (χ0n) is 10.5. The molecule has 1 aromatic carbocycles. The number of hydrogen-bond donors (Lipinski definition) is 0. The van der Waals surface area contributed by atoms with E-state index in [0.29, 0.717) is 6.04 Å². The van der Waals surface area contributed by atoms with Crippen LogP contribution in [-0.2, 0) is 6.42 Å². The lowest BCUT2D eigenvalue weighted by atomic mass is 10.1. The molecular formula is C15H21N. The number of rotatable bonds is 5. The molecule has 16 heavy (non-hydrogen) atoms. The zero-order valence-corrected chi connectivity index (χ0v) is 10.5. The molecule has 0 spiro atoms. The van der Waals surface area contributed by atoms with Gasteiger partial charge < -0.3 is 0 Å². The van der Waals surface area contributed by atoms with Gasteiger partial charge in [-0.1, -0.05) is 30.3 Å².